The Morgan fingerprint density at radius 1 is 1.00 bits per heavy atom. The molecule has 1 atom stereocenters. The van der Waals surface area contributed by atoms with Gasteiger partial charge in [0.2, 0.25) is 0 Å². The highest BCUT2D eigenvalue weighted by molar-refractivity contribution is 7.22. The van der Waals surface area contributed by atoms with Gasteiger partial charge in [-0.3, -0.25) is 14.5 Å². The zero-order chi connectivity index (χ0) is 25.4. The highest BCUT2D eigenvalue weighted by Gasteiger charge is 2.48. The minimum Gasteiger partial charge on any atom is -0.507 e. The number of aliphatic hydroxyl groups excluding tert-OH is 1. The third-order valence-electron chi connectivity index (χ3n) is 6.18. The van der Waals surface area contributed by atoms with Crippen LogP contribution < -0.4 is 9.64 Å². The Balaban J connectivity index is 1.67. The van der Waals surface area contributed by atoms with Crippen molar-refractivity contribution in [3.05, 3.63) is 94.6 Å². The maximum atomic E-state index is 13.4. The highest BCUT2D eigenvalue weighted by atomic mass is 32.1. The molecule has 1 amide bonds. The van der Waals surface area contributed by atoms with E-state index in [4.69, 9.17) is 4.74 Å². The average Bonchev–Trinajstić information content (AvgIpc) is 3.40. The second kappa shape index (κ2) is 9.59. The van der Waals surface area contributed by atoms with E-state index < -0.39 is 17.7 Å². The number of hydrogen-bond donors (Lipinski definition) is 1. The van der Waals surface area contributed by atoms with Crippen molar-refractivity contribution in [2.45, 2.75) is 33.2 Å². The first kappa shape index (κ1) is 23.8. The van der Waals surface area contributed by atoms with Gasteiger partial charge in [0.05, 0.1) is 28.4 Å². The lowest BCUT2D eigenvalue weighted by molar-refractivity contribution is -0.132. The lowest BCUT2D eigenvalue weighted by atomic mass is 9.95. The van der Waals surface area contributed by atoms with Crippen LogP contribution in [-0.4, -0.2) is 28.4 Å². The molecule has 1 aliphatic rings. The topological polar surface area (TPSA) is 79.7 Å². The standard InChI is InChI=1S/C29H26N2O4S/c1-4-15-35-21-12-10-19(11-13-21)25-24(26(32)20-8-5-17(2)6-9-20)27(33)28(34)31(25)29-30-22-14-7-18(3)16-23(22)36-29/h5-14,16,25,32H,4,15H2,1-3H3/b26-24+. The van der Waals surface area contributed by atoms with Crippen LogP contribution in [0.5, 0.6) is 5.75 Å². The Bertz CT molecular complexity index is 1490. The zero-order valence-corrected chi connectivity index (χ0v) is 21.1. The van der Waals surface area contributed by atoms with Crippen molar-refractivity contribution in [3.63, 3.8) is 0 Å². The molecule has 1 aliphatic heterocycles. The predicted molar refractivity (Wildman–Crippen MR) is 143 cm³/mol. The molecule has 1 N–H and O–H groups in total. The van der Waals surface area contributed by atoms with Gasteiger partial charge in [0.1, 0.15) is 11.5 Å². The van der Waals surface area contributed by atoms with Gasteiger partial charge in [0.15, 0.2) is 5.13 Å². The van der Waals surface area contributed by atoms with E-state index in [-0.39, 0.29) is 11.3 Å². The van der Waals surface area contributed by atoms with Crippen LogP contribution in [0.1, 0.15) is 41.6 Å². The Morgan fingerprint density at radius 3 is 2.39 bits per heavy atom. The lowest BCUT2D eigenvalue weighted by Gasteiger charge is -2.23. The van der Waals surface area contributed by atoms with Crippen LogP contribution in [0.15, 0.2) is 72.3 Å². The molecule has 0 saturated carbocycles. The molecule has 2 heterocycles. The number of Topliss-reactive ketones (excluding diaryl/α,β-unsaturated/α-hetero) is 1. The van der Waals surface area contributed by atoms with Gasteiger partial charge in [-0.2, -0.15) is 0 Å². The Labute approximate surface area is 213 Å². The second-order valence-electron chi connectivity index (χ2n) is 8.92. The first-order valence-corrected chi connectivity index (χ1v) is 12.7. The van der Waals surface area contributed by atoms with E-state index in [1.54, 1.807) is 12.1 Å². The molecule has 1 saturated heterocycles. The third kappa shape index (κ3) is 4.27. The minimum absolute atomic E-state index is 0.0431. The number of hydrogen-bond acceptors (Lipinski definition) is 6. The number of thiazole rings is 1. The first-order chi connectivity index (χ1) is 17.4. The molecule has 5 rings (SSSR count). The van der Waals surface area contributed by atoms with Crippen LogP contribution in [0, 0.1) is 13.8 Å². The molecular formula is C29H26N2O4S. The summed E-state index contributed by atoms with van der Waals surface area (Å²) in [7, 11) is 0. The molecule has 1 aromatic heterocycles. The number of carbonyl (C=O) groups is 2. The van der Waals surface area contributed by atoms with E-state index in [0.717, 1.165) is 27.8 Å². The maximum Gasteiger partial charge on any atom is 0.301 e. The molecule has 0 spiro atoms. The van der Waals surface area contributed by atoms with Gasteiger partial charge in [-0.15, -0.1) is 0 Å². The van der Waals surface area contributed by atoms with Crippen molar-refractivity contribution in [1.29, 1.82) is 0 Å². The average molecular weight is 499 g/mol. The quantitative estimate of drug-likeness (QED) is 0.191. The fourth-order valence-electron chi connectivity index (χ4n) is 4.30. The molecule has 3 aromatic carbocycles. The zero-order valence-electron chi connectivity index (χ0n) is 20.3. The summed E-state index contributed by atoms with van der Waals surface area (Å²) in [5.74, 6) is -0.953. The number of ether oxygens (including phenoxy) is 1. The fraction of sp³-hybridized carbons (Fsp3) is 0.207. The van der Waals surface area contributed by atoms with Crippen molar-refractivity contribution in [2.24, 2.45) is 0 Å². The van der Waals surface area contributed by atoms with Gasteiger partial charge in [-0.05, 0) is 55.7 Å². The second-order valence-corrected chi connectivity index (χ2v) is 9.93. The van der Waals surface area contributed by atoms with Crippen LogP contribution in [0.2, 0.25) is 0 Å². The van der Waals surface area contributed by atoms with Crippen LogP contribution >= 0.6 is 11.3 Å². The van der Waals surface area contributed by atoms with Gasteiger partial charge in [-0.1, -0.05) is 66.3 Å². The highest BCUT2D eigenvalue weighted by Crippen LogP contribution is 2.44. The normalized spacial score (nSPS) is 17.2. The molecule has 1 fully saturated rings. The summed E-state index contributed by atoms with van der Waals surface area (Å²) >= 11 is 1.35. The SMILES string of the molecule is CCCOc1ccc(C2/C(=C(\O)c3ccc(C)cc3)C(=O)C(=O)N2c2nc3ccc(C)cc3s2)cc1. The molecule has 0 bridgehead atoms. The van der Waals surface area contributed by atoms with E-state index >= 15 is 0 Å². The number of rotatable bonds is 6. The van der Waals surface area contributed by atoms with Crippen molar-refractivity contribution >= 4 is 44.1 Å². The van der Waals surface area contributed by atoms with Crippen molar-refractivity contribution in [3.8, 4) is 5.75 Å². The Hall–Kier alpha value is -3.97. The van der Waals surface area contributed by atoms with Crippen LogP contribution in [-0.2, 0) is 9.59 Å². The predicted octanol–water partition coefficient (Wildman–Crippen LogP) is 6.33. The molecule has 182 valence electrons. The Kier molecular flexibility index (Phi) is 6.33. The van der Waals surface area contributed by atoms with Crippen molar-refractivity contribution in [1.82, 2.24) is 4.98 Å². The largest absolute Gasteiger partial charge is 0.507 e. The number of ketones is 1. The van der Waals surface area contributed by atoms with E-state index in [1.807, 2.05) is 75.4 Å². The van der Waals surface area contributed by atoms with Gasteiger partial charge in [0.25, 0.3) is 5.78 Å². The monoisotopic (exact) mass is 498 g/mol. The number of aryl methyl sites for hydroxylation is 2. The fourth-order valence-corrected chi connectivity index (χ4v) is 5.39. The number of benzene rings is 3. The number of aromatic nitrogens is 1. The summed E-state index contributed by atoms with van der Waals surface area (Å²) in [4.78, 5) is 32.9. The Morgan fingerprint density at radius 2 is 1.69 bits per heavy atom. The van der Waals surface area contributed by atoms with Gasteiger partial charge < -0.3 is 9.84 Å². The van der Waals surface area contributed by atoms with E-state index in [0.29, 0.717) is 28.6 Å². The van der Waals surface area contributed by atoms with Crippen LogP contribution in [0.3, 0.4) is 0 Å². The number of carbonyl (C=O) groups excluding carboxylic acids is 2. The molecule has 6 nitrogen and oxygen atoms in total. The molecule has 36 heavy (non-hydrogen) atoms. The number of anilines is 1. The number of amides is 1. The molecule has 1 unspecified atom stereocenters. The summed E-state index contributed by atoms with van der Waals surface area (Å²) in [6, 6.07) is 19.6. The number of fused-ring (bicyclic) bond motifs is 1. The number of nitrogens with zero attached hydrogens (tertiary/aromatic N) is 2. The van der Waals surface area contributed by atoms with Crippen LogP contribution in [0.25, 0.3) is 16.0 Å². The summed E-state index contributed by atoms with van der Waals surface area (Å²) < 4.78 is 6.64. The molecule has 4 aromatic rings. The molecule has 0 aliphatic carbocycles. The molecule has 0 radical (unpaired) electrons. The maximum absolute atomic E-state index is 13.4. The summed E-state index contributed by atoms with van der Waals surface area (Å²) in [6.07, 6.45) is 0.884. The van der Waals surface area contributed by atoms with E-state index in [2.05, 4.69) is 4.98 Å². The van der Waals surface area contributed by atoms with E-state index in [9.17, 15) is 14.7 Å². The first-order valence-electron chi connectivity index (χ1n) is 11.9. The summed E-state index contributed by atoms with van der Waals surface area (Å²) in [5.41, 5.74) is 4.06. The van der Waals surface area contributed by atoms with Crippen molar-refractivity contribution < 1.29 is 19.4 Å². The molecule has 7 heteroatoms. The molecular weight excluding hydrogens is 472 g/mol. The summed E-state index contributed by atoms with van der Waals surface area (Å²) in [6.45, 7) is 6.57. The number of aliphatic hydroxyl groups is 1. The van der Waals surface area contributed by atoms with Crippen LogP contribution in [0.4, 0.5) is 5.13 Å². The smallest absolute Gasteiger partial charge is 0.301 e. The van der Waals surface area contributed by atoms with Gasteiger partial charge in [0, 0.05) is 5.56 Å². The van der Waals surface area contributed by atoms with Crippen molar-refractivity contribution in [2.75, 3.05) is 11.5 Å². The van der Waals surface area contributed by atoms with Gasteiger partial charge >= 0.3 is 5.91 Å². The van der Waals surface area contributed by atoms with Gasteiger partial charge in [-0.25, -0.2) is 4.98 Å². The summed E-state index contributed by atoms with van der Waals surface area (Å²) in [5, 5.41) is 11.7. The van der Waals surface area contributed by atoms with E-state index in [1.165, 1.54) is 16.2 Å². The lowest BCUT2D eigenvalue weighted by Crippen LogP contribution is -2.29. The minimum atomic E-state index is -0.826. The third-order valence-corrected chi connectivity index (χ3v) is 7.19.